The number of rotatable bonds is 2. The van der Waals surface area contributed by atoms with Gasteiger partial charge in [-0.05, 0) is 18.2 Å². The fourth-order valence-electron chi connectivity index (χ4n) is 1.27. The maximum absolute atomic E-state index is 4.11. The molecule has 0 unspecified atom stereocenters. The molecular weight excluding hydrogens is 176 g/mol. The molecule has 1 N–H and O–H groups in total. The van der Waals surface area contributed by atoms with E-state index >= 15 is 0 Å². The van der Waals surface area contributed by atoms with Crippen molar-refractivity contribution in [3.8, 4) is 11.3 Å². The van der Waals surface area contributed by atoms with Crippen molar-refractivity contribution in [2.45, 2.75) is 0 Å². The van der Waals surface area contributed by atoms with Gasteiger partial charge in [-0.2, -0.15) is 0 Å². The van der Waals surface area contributed by atoms with Gasteiger partial charge in [0, 0.05) is 32.1 Å². The largest absolute Gasteiger partial charge is 0.372 e. The average Bonchev–Trinajstić information content (AvgIpc) is 2.65. The highest BCUT2D eigenvalue weighted by Gasteiger charge is 2.00. The van der Waals surface area contributed by atoms with E-state index < -0.39 is 0 Å². The van der Waals surface area contributed by atoms with E-state index in [0.29, 0.717) is 0 Å². The summed E-state index contributed by atoms with van der Waals surface area (Å²) in [6.07, 6.45) is 4.01. The van der Waals surface area contributed by atoms with Crippen molar-refractivity contribution in [1.82, 2.24) is 14.8 Å². The van der Waals surface area contributed by atoms with Crippen molar-refractivity contribution in [3.05, 3.63) is 30.6 Å². The number of aromatic nitrogens is 3. The summed E-state index contributed by atoms with van der Waals surface area (Å²) in [6.45, 7) is 0. The summed E-state index contributed by atoms with van der Waals surface area (Å²) in [5, 5.41) is 11.1. The predicted molar refractivity (Wildman–Crippen MR) is 56.0 cm³/mol. The standard InChI is InChI=1S/C10H12N4/c1-11-10-4-3-9(12-13-10)8-5-6-14(2)7-8/h3-7H,1-2H3,(H,11,13). The summed E-state index contributed by atoms with van der Waals surface area (Å²) >= 11 is 0. The lowest BCUT2D eigenvalue weighted by atomic mass is 10.2. The first-order valence-electron chi connectivity index (χ1n) is 4.43. The van der Waals surface area contributed by atoms with E-state index in [1.54, 1.807) is 0 Å². The third kappa shape index (κ3) is 1.59. The molecule has 2 heterocycles. The Morgan fingerprint density at radius 3 is 2.57 bits per heavy atom. The zero-order valence-electron chi connectivity index (χ0n) is 8.23. The fourth-order valence-corrected chi connectivity index (χ4v) is 1.27. The summed E-state index contributed by atoms with van der Waals surface area (Å²) in [5.74, 6) is 0.782. The highest BCUT2D eigenvalue weighted by atomic mass is 15.2. The molecule has 0 aliphatic carbocycles. The van der Waals surface area contributed by atoms with Crippen LogP contribution in [0, 0.1) is 0 Å². The molecule has 14 heavy (non-hydrogen) atoms. The minimum atomic E-state index is 0.782. The molecule has 2 aromatic rings. The van der Waals surface area contributed by atoms with E-state index in [2.05, 4.69) is 15.5 Å². The van der Waals surface area contributed by atoms with Crippen molar-refractivity contribution in [2.75, 3.05) is 12.4 Å². The number of hydrogen-bond acceptors (Lipinski definition) is 3. The van der Waals surface area contributed by atoms with Crippen LogP contribution < -0.4 is 5.32 Å². The van der Waals surface area contributed by atoms with Crippen molar-refractivity contribution in [3.63, 3.8) is 0 Å². The Bertz CT molecular complexity index is 416. The van der Waals surface area contributed by atoms with Gasteiger partial charge in [0.1, 0.15) is 5.82 Å². The van der Waals surface area contributed by atoms with E-state index in [0.717, 1.165) is 17.1 Å². The van der Waals surface area contributed by atoms with E-state index in [-0.39, 0.29) is 0 Å². The molecule has 0 amide bonds. The van der Waals surface area contributed by atoms with Crippen LogP contribution in [0.5, 0.6) is 0 Å². The maximum Gasteiger partial charge on any atom is 0.148 e. The van der Waals surface area contributed by atoms with Gasteiger partial charge in [0.05, 0.1) is 5.69 Å². The second-order valence-electron chi connectivity index (χ2n) is 3.12. The zero-order valence-corrected chi connectivity index (χ0v) is 8.23. The maximum atomic E-state index is 4.11. The Morgan fingerprint density at radius 2 is 2.07 bits per heavy atom. The van der Waals surface area contributed by atoms with Crippen LogP contribution in [0.2, 0.25) is 0 Å². The first-order chi connectivity index (χ1) is 6.79. The van der Waals surface area contributed by atoms with E-state index in [9.17, 15) is 0 Å². The van der Waals surface area contributed by atoms with Gasteiger partial charge in [0.25, 0.3) is 0 Å². The molecule has 0 radical (unpaired) electrons. The van der Waals surface area contributed by atoms with Gasteiger partial charge in [-0.3, -0.25) is 0 Å². The van der Waals surface area contributed by atoms with Crippen LogP contribution in [0.1, 0.15) is 0 Å². The van der Waals surface area contributed by atoms with Crippen LogP contribution >= 0.6 is 0 Å². The van der Waals surface area contributed by atoms with Crippen LogP contribution in [-0.4, -0.2) is 21.8 Å². The van der Waals surface area contributed by atoms with Crippen LogP contribution in [0.3, 0.4) is 0 Å². The second kappa shape index (κ2) is 3.49. The Kier molecular flexibility index (Phi) is 2.18. The van der Waals surface area contributed by atoms with Gasteiger partial charge < -0.3 is 9.88 Å². The topological polar surface area (TPSA) is 42.7 Å². The first kappa shape index (κ1) is 8.74. The number of aryl methyl sites for hydroxylation is 1. The fraction of sp³-hybridized carbons (Fsp3) is 0.200. The molecule has 0 saturated heterocycles. The molecule has 2 aromatic heterocycles. The predicted octanol–water partition coefficient (Wildman–Crippen LogP) is 1.52. The Balaban J connectivity index is 2.33. The third-order valence-corrected chi connectivity index (χ3v) is 2.05. The highest BCUT2D eigenvalue weighted by molar-refractivity contribution is 5.58. The van der Waals surface area contributed by atoms with Gasteiger partial charge in [0.2, 0.25) is 0 Å². The number of nitrogens with zero attached hydrogens (tertiary/aromatic N) is 3. The quantitative estimate of drug-likeness (QED) is 0.777. The van der Waals surface area contributed by atoms with Gasteiger partial charge >= 0.3 is 0 Å². The molecule has 4 heteroatoms. The minimum Gasteiger partial charge on any atom is -0.372 e. The molecular formula is C10H12N4. The van der Waals surface area contributed by atoms with Crippen LogP contribution in [0.4, 0.5) is 5.82 Å². The summed E-state index contributed by atoms with van der Waals surface area (Å²) in [4.78, 5) is 0. The summed E-state index contributed by atoms with van der Waals surface area (Å²) in [5.41, 5.74) is 1.98. The van der Waals surface area contributed by atoms with E-state index in [1.165, 1.54) is 0 Å². The van der Waals surface area contributed by atoms with Crippen LogP contribution in [-0.2, 0) is 7.05 Å². The number of anilines is 1. The normalized spacial score (nSPS) is 10.1. The van der Waals surface area contributed by atoms with Crippen molar-refractivity contribution in [2.24, 2.45) is 7.05 Å². The molecule has 0 saturated carbocycles. The Labute approximate surface area is 82.6 Å². The molecule has 0 aromatic carbocycles. The Hall–Kier alpha value is -1.84. The lowest BCUT2D eigenvalue weighted by Gasteiger charge is -1.98. The van der Waals surface area contributed by atoms with Crippen molar-refractivity contribution in [1.29, 1.82) is 0 Å². The zero-order chi connectivity index (χ0) is 9.97. The summed E-state index contributed by atoms with van der Waals surface area (Å²) in [7, 11) is 3.81. The molecule has 0 spiro atoms. The lowest BCUT2D eigenvalue weighted by molar-refractivity contribution is 0.927. The molecule has 72 valence electrons. The van der Waals surface area contributed by atoms with Gasteiger partial charge in [-0.1, -0.05) is 0 Å². The summed E-state index contributed by atoms with van der Waals surface area (Å²) in [6, 6.07) is 5.88. The SMILES string of the molecule is CNc1ccc(-c2ccn(C)c2)nn1. The lowest BCUT2D eigenvalue weighted by Crippen LogP contribution is -1.94. The van der Waals surface area contributed by atoms with Gasteiger partial charge in [0.15, 0.2) is 0 Å². The highest BCUT2D eigenvalue weighted by Crippen LogP contribution is 2.16. The van der Waals surface area contributed by atoms with E-state index in [4.69, 9.17) is 0 Å². The summed E-state index contributed by atoms with van der Waals surface area (Å²) < 4.78 is 1.99. The molecule has 0 aliphatic heterocycles. The van der Waals surface area contributed by atoms with Crippen LogP contribution in [0.15, 0.2) is 30.6 Å². The van der Waals surface area contributed by atoms with Gasteiger partial charge in [-0.25, -0.2) is 0 Å². The van der Waals surface area contributed by atoms with Crippen LogP contribution in [0.25, 0.3) is 11.3 Å². The van der Waals surface area contributed by atoms with Gasteiger partial charge in [-0.15, -0.1) is 10.2 Å². The molecule has 2 rings (SSSR count). The number of nitrogens with one attached hydrogen (secondary N) is 1. The monoisotopic (exact) mass is 188 g/mol. The molecule has 0 bridgehead atoms. The smallest absolute Gasteiger partial charge is 0.148 e. The third-order valence-electron chi connectivity index (χ3n) is 2.05. The Morgan fingerprint density at radius 1 is 1.21 bits per heavy atom. The molecule has 4 nitrogen and oxygen atoms in total. The molecule has 0 fully saturated rings. The second-order valence-corrected chi connectivity index (χ2v) is 3.12. The number of hydrogen-bond donors (Lipinski definition) is 1. The van der Waals surface area contributed by atoms with Crippen molar-refractivity contribution >= 4 is 5.82 Å². The minimum absolute atomic E-state index is 0.782. The first-order valence-corrected chi connectivity index (χ1v) is 4.43. The molecule has 0 aliphatic rings. The van der Waals surface area contributed by atoms with Crippen molar-refractivity contribution < 1.29 is 0 Å². The molecule has 0 atom stereocenters. The average molecular weight is 188 g/mol. The van der Waals surface area contributed by atoms with E-state index in [1.807, 2.05) is 49.3 Å².